The van der Waals surface area contributed by atoms with Gasteiger partial charge in [-0.05, 0) is 30.4 Å². The third-order valence-corrected chi connectivity index (χ3v) is 2.44. The summed E-state index contributed by atoms with van der Waals surface area (Å²) in [5.41, 5.74) is 2.45. The highest BCUT2D eigenvalue weighted by Gasteiger charge is 2.19. The minimum atomic E-state index is -0.102. The van der Waals surface area contributed by atoms with E-state index in [9.17, 15) is 0 Å². The highest BCUT2D eigenvalue weighted by molar-refractivity contribution is 5.30. The summed E-state index contributed by atoms with van der Waals surface area (Å²) in [4.78, 5) is 4.42. The molecule has 2 heteroatoms. The molecule has 0 amide bonds. The summed E-state index contributed by atoms with van der Waals surface area (Å²) >= 11 is 0. The van der Waals surface area contributed by atoms with Crippen molar-refractivity contribution in [1.29, 1.82) is 0 Å². The Hall–Kier alpha value is -0.860. The highest BCUT2D eigenvalue weighted by Crippen LogP contribution is 2.31. The van der Waals surface area contributed by atoms with Crippen LogP contribution in [0.1, 0.15) is 30.1 Å². The molecule has 0 heterocycles. The Morgan fingerprint density at radius 2 is 2.17 bits per heavy atom. The Morgan fingerprint density at radius 1 is 1.33 bits per heavy atom. The summed E-state index contributed by atoms with van der Waals surface area (Å²) in [6.07, 6.45) is 3.03. The van der Waals surface area contributed by atoms with Gasteiger partial charge in [0.15, 0.2) is 0 Å². The molecule has 0 saturated carbocycles. The van der Waals surface area contributed by atoms with E-state index in [-0.39, 0.29) is 6.10 Å². The molecule has 0 aromatic heterocycles. The number of hydrogen-bond acceptors (Lipinski definition) is 2. The fourth-order valence-electron chi connectivity index (χ4n) is 1.82. The Kier molecular flexibility index (Phi) is 2.11. The second kappa shape index (κ2) is 3.25. The summed E-state index contributed by atoms with van der Waals surface area (Å²) in [7, 11) is 0. The lowest BCUT2D eigenvalue weighted by Crippen LogP contribution is -2.10. The van der Waals surface area contributed by atoms with Crippen LogP contribution < -0.4 is 0 Å². The molecule has 0 aliphatic heterocycles. The van der Waals surface area contributed by atoms with Crippen molar-refractivity contribution >= 4 is 0 Å². The highest BCUT2D eigenvalue weighted by atomic mass is 17.1. The van der Waals surface area contributed by atoms with Crippen LogP contribution in [-0.4, -0.2) is 5.26 Å². The molecular weight excluding hydrogens is 152 g/mol. The van der Waals surface area contributed by atoms with E-state index in [0.29, 0.717) is 0 Å². The van der Waals surface area contributed by atoms with Crippen molar-refractivity contribution in [2.75, 3.05) is 0 Å². The van der Waals surface area contributed by atoms with Crippen LogP contribution in [0.4, 0.5) is 0 Å². The van der Waals surface area contributed by atoms with E-state index in [1.165, 1.54) is 5.56 Å². The van der Waals surface area contributed by atoms with Crippen molar-refractivity contribution < 1.29 is 10.1 Å². The Bertz CT molecular complexity index is 270. The number of benzene rings is 1. The SMILES string of the molecule is OO[C@@H]1CCCc2ccccc21. The van der Waals surface area contributed by atoms with Gasteiger partial charge >= 0.3 is 0 Å². The first kappa shape index (κ1) is 7.77. The molecule has 0 bridgehead atoms. The molecule has 0 fully saturated rings. The predicted molar refractivity (Wildman–Crippen MR) is 45.8 cm³/mol. The molecule has 1 aromatic carbocycles. The minimum Gasteiger partial charge on any atom is -0.251 e. The van der Waals surface area contributed by atoms with Crippen LogP contribution in [0, 0.1) is 0 Å². The van der Waals surface area contributed by atoms with Gasteiger partial charge in [-0.2, -0.15) is 0 Å². The van der Waals surface area contributed by atoms with Gasteiger partial charge in [-0.3, -0.25) is 5.26 Å². The van der Waals surface area contributed by atoms with Gasteiger partial charge in [0.1, 0.15) is 6.10 Å². The van der Waals surface area contributed by atoms with Gasteiger partial charge in [0, 0.05) is 0 Å². The van der Waals surface area contributed by atoms with Crippen LogP contribution in [0.3, 0.4) is 0 Å². The van der Waals surface area contributed by atoms with Crippen LogP contribution in [-0.2, 0) is 11.3 Å². The molecule has 2 nitrogen and oxygen atoms in total. The molecular formula is C10H12O2. The van der Waals surface area contributed by atoms with E-state index in [2.05, 4.69) is 11.0 Å². The predicted octanol–water partition coefficient (Wildman–Crippen LogP) is 2.55. The summed E-state index contributed by atoms with van der Waals surface area (Å²) in [6.45, 7) is 0. The fourth-order valence-corrected chi connectivity index (χ4v) is 1.82. The lowest BCUT2D eigenvalue weighted by molar-refractivity contribution is -0.284. The molecule has 1 aliphatic rings. The molecule has 0 spiro atoms. The Morgan fingerprint density at radius 3 is 3.00 bits per heavy atom. The summed E-state index contributed by atoms with van der Waals surface area (Å²) in [6, 6.07) is 8.13. The second-order valence-corrected chi connectivity index (χ2v) is 3.19. The van der Waals surface area contributed by atoms with E-state index in [4.69, 9.17) is 5.26 Å². The summed E-state index contributed by atoms with van der Waals surface area (Å²) in [5.74, 6) is 0. The van der Waals surface area contributed by atoms with Crippen molar-refractivity contribution in [3.8, 4) is 0 Å². The zero-order valence-electron chi connectivity index (χ0n) is 6.86. The molecule has 2 rings (SSSR count). The zero-order valence-corrected chi connectivity index (χ0v) is 6.86. The Balaban J connectivity index is 2.37. The quantitative estimate of drug-likeness (QED) is 0.510. The van der Waals surface area contributed by atoms with Gasteiger partial charge in [-0.15, -0.1) is 0 Å². The maximum atomic E-state index is 8.64. The van der Waals surface area contributed by atoms with E-state index in [1.54, 1.807) is 0 Å². The van der Waals surface area contributed by atoms with Gasteiger partial charge in [0.2, 0.25) is 0 Å². The van der Waals surface area contributed by atoms with E-state index in [1.807, 2.05) is 18.2 Å². The lowest BCUT2D eigenvalue weighted by atomic mass is 9.90. The average Bonchev–Trinajstić information content (AvgIpc) is 2.17. The molecule has 1 N–H and O–H groups in total. The average molecular weight is 164 g/mol. The van der Waals surface area contributed by atoms with Crippen molar-refractivity contribution in [2.45, 2.75) is 25.4 Å². The standard InChI is InChI=1S/C10H12O2/c11-12-10-7-3-5-8-4-1-2-6-9(8)10/h1-2,4,6,10-11H,3,5,7H2/t10-/m1/s1. The molecule has 1 atom stereocenters. The van der Waals surface area contributed by atoms with Crippen LogP contribution >= 0.6 is 0 Å². The monoisotopic (exact) mass is 164 g/mol. The number of hydrogen-bond donors (Lipinski definition) is 1. The Labute approximate surface area is 71.7 Å². The van der Waals surface area contributed by atoms with E-state index >= 15 is 0 Å². The van der Waals surface area contributed by atoms with Gasteiger partial charge in [0.25, 0.3) is 0 Å². The van der Waals surface area contributed by atoms with Gasteiger partial charge in [0.05, 0.1) is 0 Å². The van der Waals surface area contributed by atoms with Crippen LogP contribution in [0.5, 0.6) is 0 Å². The maximum Gasteiger partial charge on any atom is 0.118 e. The third kappa shape index (κ3) is 1.24. The molecule has 64 valence electrons. The first-order valence-electron chi connectivity index (χ1n) is 4.30. The topological polar surface area (TPSA) is 29.5 Å². The number of rotatable bonds is 1. The van der Waals surface area contributed by atoms with Crippen molar-refractivity contribution in [3.05, 3.63) is 35.4 Å². The molecule has 0 radical (unpaired) electrons. The second-order valence-electron chi connectivity index (χ2n) is 3.19. The van der Waals surface area contributed by atoms with Gasteiger partial charge in [-0.25, -0.2) is 4.89 Å². The molecule has 1 aliphatic carbocycles. The smallest absolute Gasteiger partial charge is 0.118 e. The third-order valence-electron chi connectivity index (χ3n) is 2.44. The maximum absolute atomic E-state index is 8.64. The van der Waals surface area contributed by atoms with Crippen molar-refractivity contribution in [1.82, 2.24) is 0 Å². The lowest BCUT2D eigenvalue weighted by Gasteiger charge is -2.22. The van der Waals surface area contributed by atoms with Crippen LogP contribution in [0.2, 0.25) is 0 Å². The first-order valence-corrected chi connectivity index (χ1v) is 4.30. The van der Waals surface area contributed by atoms with Gasteiger partial charge < -0.3 is 0 Å². The molecule has 12 heavy (non-hydrogen) atoms. The molecule has 1 aromatic rings. The molecule has 0 unspecified atom stereocenters. The van der Waals surface area contributed by atoms with E-state index in [0.717, 1.165) is 24.8 Å². The number of aryl methyl sites for hydroxylation is 1. The first-order chi connectivity index (χ1) is 5.92. The number of fused-ring (bicyclic) bond motifs is 1. The van der Waals surface area contributed by atoms with Gasteiger partial charge in [-0.1, -0.05) is 24.3 Å². The van der Waals surface area contributed by atoms with Crippen LogP contribution in [0.15, 0.2) is 24.3 Å². The summed E-state index contributed by atoms with van der Waals surface area (Å²) < 4.78 is 0. The van der Waals surface area contributed by atoms with E-state index < -0.39 is 0 Å². The van der Waals surface area contributed by atoms with Crippen LogP contribution in [0.25, 0.3) is 0 Å². The summed E-state index contributed by atoms with van der Waals surface area (Å²) in [5, 5.41) is 8.64. The molecule has 0 saturated heterocycles. The zero-order chi connectivity index (χ0) is 8.39. The normalized spacial score (nSPS) is 21.9. The van der Waals surface area contributed by atoms with Crippen molar-refractivity contribution in [2.24, 2.45) is 0 Å². The largest absolute Gasteiger partial charge is 0.251 e. The minimum absolute atomic E-state index is 0.102. The van der Waals surface area contributed by atoms with Crippen molar-refractivity contribution in [3.63, 3.8) is 0 Å². The fraction of sp³-hybridized carbons (Fsp3) is 0.400.